The minimum absolute atomic E-state index is 1.25. The van der Waals surface area contributed by atoms with Gasteiger partial charge < -0.3 is 0 Å². The highest BCUT2D eigenvalue weighted by molar-refractivity contribution is 4.50. The van der Waals surface area contributed by atoms with E-state index < -0.39 is 0 Å². The molecule has 0 spiro atoms. The summed E-state index contributed by atoms with van der Waals surface area (Å²) >= 11 is 0. The first-order valence-electron chi connectivity index (χ1n) is 6.41. The van der Waals surface area contributed by atoms with Crippen LogP contribution in [-0.4, -0.2) is 0 Å². The highest BCUT2D eigenvalue weighted by atomic mass is 14.0. The van der Waals surface area contributed by atoms with Gasteiger partial charge in [0, 0.05) is 0 Å². The summed E-state index contributed by atoms with van der Waals surface area (Å²) in [4.78, 5) is 0. The standard InChI is InChI=1S/C4H8.C3H8.3C2H6/c1-2-4-3-1;1-3-2;3*1-2/h1-4H2;3H2,1-2H3;3*1-2H3. The molecule has 1 aliphatic rings. The Hall–Kier alpha value is 0. The van der Waals surface area contributed by atoms with E-state index in [1.54, 1.807) is 0 Å². The van der Waals surface area contributed by atoms with Crippen LogP contribution in [0.5, 0.6) is 0 Å². The molecule has 0 bridgehead atoms. The second kappa shape index (κ2) is 58.1. The van der Waals surface area contributed by atoms with Gasteiger partial charge >= 0.3 is 0 Å². The van der Waals surface area contributed by atoms with Crippen molar-refractivity contribution in [1.82, 2.24) is 0 Å². The lowest BCUT2D eigenvalue weighted by Crippen LogP contribution is -1.85. The van der Waals surface area contributed by atoms with E-state index in [0.717, 1.165) is 0 Å². The number of hydrogen-bond acceptors (Lipinski definition) is 0. The monoisotopic (exact) mass is 190 g/mol. The molecule has 0 unspecified atom stereocenters. The molecule has 1 saturated carbocycles. The van der Waals surface area contributed by atoms with Crippen molar-refractivity contribution in [3.63, 3.8) is 0 Å². The third-order valence-electron chi connectivity index (χ3n) is 1.000. The SMILES string of the molecule is C1CCC1.CC.CC.CC.CCC. The van der Waals surface area contributed by atoms with Gasteiger partial charge in [0.2, 0.25) is 0 Å². The molecule has 0 heteroatoms. The average molecular weight is 190 g/mol. The molecular weight excluding hydrogens is 156 g/mol. The summed E-state index contributed by atoms with van der Waals surface area (Å²) in [6.45, 7) is 16.2. The van der Waals surface area contributed by atoms with E-state index in [1.165, 1.54) is 32.1 Å². The lowest BCUT2D eigenvalue weighted by Gasteiger charge is -2.05. The highest BCUT2D eigenvalue weighted by Gasteiger charge is 1.95. The minimum atomic E-state index is 1.25. The predicted octanol–water partition coefficient (Wildman–Crippen LogP) is 6.06. The van der Waals surface area contributed by atoms with Gasteiger partial charge in [-0.2, -0.15) is 0 Å². The van der Waals surface area contributed by atoms with Crippen LogP contribution in [0.2, 0.25) is 0 Å². The average Bonchev–Trinajstić information content (AvgIpc) is 2.12. The molecule has 0 radical (unpaired) electrons. The Balaban J connectivity index is -0.0000000413. The summed E-state index contributed by atoms with van der Waals surface area (Å²) in [7, 11) is 0. The highest BCUT2D eigenvalue weighted by Crippen LogP contribution is 2.15. The molecule has 0 aromatic carbocycles. The van der Waals surface area contributed by atoms with E-state index in [1.807, 2.05) is 41.5 Å². The quantitative estimate of drug-likeness (QED) is 0.436. The molecule has 0 atom stereocenters. The van der Waals surface area contributed by atoms with Gasteiger partial charge in [-0.05, 0) is 0 Å². The maximum atomic E-state index is 2.12. The zero-order valence-corrected chi connectivity index (χ0v) is 11.5. The molecule has 0 N–H and O–H groups in total. The van der Waals surface area contributed by atoms with E-state index >= 15 is 0 Å². The van der Waals surface area contributed by atoms with Crippen molar-refractivity contribution in [1.29, 1.82) is 0 Å². The molecule has 0 aromatic heterocycles. The second-order valence-electron chi connectivity index (χ2n) is 2.12. The Morgan fingerprint density at radius 1 is 0.538 bits per heavy atom. The van der Waals surface area contributed by atoms with Crippen LogP contribution in [-0.2, 0) is 0 Å². The van der Waals surface area contributed by atoms with Gasteiger partial charge in [-0.25, -0.2) is 0 Å². The van der Waals surface area contributed by atoms with Crippen LogP contribution in [0, 0.1) is 0 Å². The fraction of sp³-hybridized carbons (Fsp3) is 1.00. The van der Waals surface area contributed by atoms with Crippen LogP contribution in [0.1, 0.15) is 87.5 Å². The third kappa shape index (κ3) is 75.0. The Labute approximate surface area is 88.1 Å². The van der Waals surface area contributed by atoms with E-state index in [-0.39, 0.29) is 0 Å². The molecule has 13 heavy (non-hydrogen) atoms. The Kier molecular flexibility index (Phi) is 103. The van der Waals surface area contributed by atoms with Crippen LogP contribution in [0.25, 0.3) is 0 Å². The first-order chi connectivity index (χ1) is 6.41. The fourth-order valence-corrected chi connectivity index (χ4v) is 0.250. The molecule has 0 heterocycles. The van der Waals surface area contributed by atoms with Gasteiger partial charge in [0.05, 0.1) is 0 Å². The largest absolute Gasteiger partial charge is 0.0683 e. The summed E-state index contributed by atoms with van der Waals surface area (Å²) in [5.41, 5.74) is 0. The number of hydrogen-bond donors (Lipinski definition) is 0. The smallest absolute Gasteiger partial charge is 0.0533 e. The van der Waals surface area contributed by atoms with Gasteiger partial charge in [-0.15, -0.1) is 0 Å². The van der Waals surface area contributed by atoms with Crippen molar-refractivity contribution in [3.05, 3.63) is 0 Å². The van der Waals surface area contributed by atoms with Crippen LogP contribution in [0.4, 0.5) is 0 Å². The summed E-state index contributed by atoms with van der Waals surface area (Å²) in [5.74, 6) is 0. The summed E-state index contributed by atoms with van der Waals surface area (Å²) in [6, 6.07) is 0. The Morgan fingerprint density at radius 3 is 0.615 bits per heavy atom. The zero-order valence-electron chi connectivity index (χ0n) is 11.5. The first kappa shape index (κ1) is 23.1. The first-order valence-corrected chi connectivity index (χ1v) is 6.41. The molecule has 86 valence electrons. The molecular formula is C13H34. The molecule has 0 amide bonds. The van der Waals surface area contributed by atoms with Crippen LogP contribution < -0.4 is 0 Å². The topological polar surface area (TPSA) is 0 Å². The third-order valence-corrected chi connectivity index (χ3v) is 1.000. The maximum Gasteiger partial charge on any atom is -0.0533 e. The van der Waals surface area contributed by atoms with Crippen LogP contribution in [0.3, 0.4) is 0 Å². The molecule has 1 aliphatic carbocycles. The second-order valence-corrected chi connectivity index (χ2v) is 2.12. The molecule has 1 fully saturated rings. The number of rotatable bonds is 0. The van der Waals surface area contributed by atoms with Crippen molar-refractivity contribution >= 4 is 0 Å². The van der Waals surface area contributed by atoms with E-state index in [4.69, 9.17) is 0 Å². The van der Waals surface area contributed by atoms with E-state index in [9.17, 15) is 0 Å². The van der Waals surface area contributed by atoms with Crippen molar-refractivity contribution in [2.45, 2.75) is 87.5 Å². The van der Waals surface area contributed by atoms with Gasteiger partial charge in [-0.3, -0.25) is 0 Å². The normalized spacial score (nSPS) is 10.2. The van der Waals surface area contributed by atoms with Gasteiger partial charge in [0.1, 0.15) is 0 Å². The van der Waals surface area contributed by atoms with Crippen LogP contribution >= 0.6 is 0 Å². The minimum Gasteiger partial charge on any atom is -0.0683 e. The van der Waals surface area contributed by atoms with Crippen LogP contribution in [0.15, 0.2) is 0 Å². The van der Waals surface area contributed by atoms with Crippen molar-refractivity contribution in [3.8, 4) is 0 Å². The van der Waals surface area contributed by atoms with Gasteiger partial charge in [-0.1, -0.05) is 87.5 Å². The van der Waals surface area contributed by atoms with Crippen molar-refractivity contribution in [2.24, 2.45) is 0 Å². The maximum absolute atomic E-state index is 2.12. The van der Waals surface area contributed by atoms with Gasteiger partial charge in [0.25, 0.3) is 0 Å². The summed E-state index contributed by atoms with van der Waals surface area (Å²) in [5, 5.41) is 0. The summed E-state index contributed by atoms with van der Waals surface area (Å²) in [6.07, 6.45) is 7.25. The molecule has 0 aliphatic heterocycles. The molecule has 0 saturated heterocycles. The lowest BCUT2D eigenvalue weighted by molar-refractivity contribution is 0.504. The van der Waals surface area contributed by atoms with E-state index in [2.05, 4.69) is 13.8 Å². The predicted molar refractivity (Wildman–Crippen MR) is 68.5 cm³/mol. The Morgan fingerprint density at radius 2 is 0.615 bits per heavy atom. The summed E-state index contributed by atoms with van der Waals surface area (Å²) < 4.78 is 0. The van der Waals surface area contributed by atoms with E-state index in [0.29, 0.717) is 0 Å². The zero-order chi connectivity index (χ0) is 11.5. The molecule has 0 aromatic rings. The lowest BCUT2D eigenvalue weighted by atomic mass is 10.0. The molecule has 1 rings (SSSR count). The molecule has 0 nitrogen and oxygen atoms in total. The van der Waals surface area contributed by atoms with Gasteiger partial charge in [0.15, 0.2) is 0 Å². The van der Waals surface area contributed by atoms with Crippen molar-refractivity contribution < 1.29 is 0 Å². The Bertz CT molecular complexity index is 15.2. The van der Waals surface area contributed by atoms with Crippen molar-refractivity contribution in [2.75, 3.05) is 0 Å². The fourth-order valence-electron chi connectivity index (χ4n) is 0.250.